The van der Waals surface area contributed by atoms with Crippen LogP contribution in [0.1, 0.15) is 46.5 Å². The van der Waals surface area contributed by atoms with E-state index in [9.17, 15) is 0 Å². The fourth-order valence-electron chi connectivity index (χ4n) is 1.39. The predicted octanol–water partition coefficient (Wildman–Crippen LogP) is 3.42. The van der Waals surface area contributed by atoms with Crippen LogP contribution in [0.2, 0.25) is 0 Å². The van der Waals surface area contributed by atoms with Gasteiger partial charge in [-0.2, -0.15) is 0 Å². The lowest BCUT2D eigenvalue weighted by Crippen LogP contribution is -2.23. The summed E-state index contributed by atoms with van der Waals surface area (Å²) in [4.78, 5) is 0. The lowest BCUT2D eigenvalue weighted by atomic mass is 10.0. The molecule has 80 valence electrons. The number of hydrogen-bond donors (Lipinski definition) is 1. The van der Waals surface area contributed by atoms with Crippen LogP contribution in [0.25, 0.3) is 0 Å². The molecular formula is C11H24ClN. The molecule has 0 aliphatic heterocycles. The van der Waals surface area contributed by atoms with Crippen molar-refractivity contribution in [3.63, 3.8) is 0 Å². The summed E-state index contributed by atoms with van der Waals surface area (Å²) in [5, 5.41) is 3.81. The molecule has 0 aromatic rings. The Labute approximate surface area is 88.2 Å². The molecule has 0 bridgehead atoms. The predicted molar refractivity (Wildman–Crippen MR) is 61.5 cm³/mol. The average Bonchev–Trinajstić information content (AvgIpc) is 2.11. The number of halogens is 1. The molecule has 0 aliphatic rings. The third-order valence-electron chi connectivity index (χ3n) is 2.54. The van der Waals surface area contributed by atoms with Gasteiger partial charge in [0.05, 0.1) is 0 Å². The average molecular weight is 206 g/mol. The normalized spacial score (nSPS) is 13.6. The molecule has 1 N–H and O–H groups in total. The standard InChI is InChI=1S/C11H24ClN/c1-4-11(5-2)9-13-8-6-7-10(3)12/h10-11,13H,4-9H2,1-3H3. The Hall–Kier alpha value is 0.250. The zero-order chi connectivity index (χ0) is 10.1. The van der Waals surface area contributed by atoms with E-state index in [1.165, 1.54) is 25.8 Å². The molecule has 0 amide bonds. The zero-order valence-electron chi connectivity index (χ0n) is 9.28. The maximum absolute atomic E-state index is 5.85. The summed E-state index contributed by atoms with van der Waals surface area (Å²) in [6.45, 7) is 8.87. The third kappa shape index (κ3) is 8.58. The molecule has 0 spiro atoms. The third-order valence-corrected chi connectivity index (χ3v) is 2.76. The molecule has 2 heteroatoms. The highest BCUT2D eigenvalue weighted by Gasteiger charge is 2.01. The second-order valence-electron chi connectivity index (χ2n) is 3.81. The van der Waals surface area contributed by atoms with E-state index in [0.717, 1.165) is 18.9 Å². The van der Waals surface area contributed by atoms with Crippen LogP contribution in [0.4, 0.5) is 0 Å². The Kier molecular flexibility index (Phi) is 9.00. The van der Waals surface area contributed by atoms with Crippen molar-refractivity contribution in [1.29, 1.82) is 0 Å². The second kappa shape index (κ2) is 8.83. The van der Waals surface area contributed by atoms with E-state index >= 15 is 0 Å². The Morgan fingerprint density at radius 2 is 1.85 bits per heavy atom. The molecule has 0 saturated heterocycles. The van der Waals surface area contributed by atoms with E-state index in [-0.39, 0.29) is 0 Å². The first kappa shape index (κ1) is 13.2. The van der Waals surface area contributed by atoms with Crippen molar-refractivity contribution >= 4 is 11.6 Å². The zero-order valence-corrected chi connectivity index (χ0v) is 10.0. The monoisotopic (exact) mass is 205 g/mol. The van der Waals surface area contributed by atoms with E-state index in [2.05, 4.69) is 26.1 Å². The largest absolute Gasteiger partial charge is 0.316 e. The van der Waals surface area contributed by atoms with Crippen LogP contribution in [0.15, 0.2) is 0 Å². The Morgan fingerprint density at radius 3 is 2.31 bits per heavy atom. The lowest BCUT2D eigenvalue weighted by molar-refractivity contribution is 0.445. The molecule has 1 unspecified atom stereocenters. The molecular weight excluding hydrogens is 182 g/mol. The van der Waals surface area contributed by atoms with Crippen LogP contribution >= 0.6 is 11.6 Å². The molecule has 0 fully saturated rings. The summed E-state index contributed by atoms with van der Waals surface area (Å²) in [5.41, 5.74) is 0. The van der Waals surface area contributed by atoms with Crippen molar-refractivity contribution < 1.29 is 0 Å². The van der Waals surface area contributed by atoms with Gasteiger partial charge in [-0.15, -0.1) is 11.6 Å². The van der Waals surface area contributed by atoms with Crippen LogP contribution < -0.4 is 5.32 Å². The molecule has 0 aromatic heterocycles. The molecule has 1 atom stereocenters. The molecule has 13 heavy (non-hydrogen) atoms. The second-order valence-corrected chi connectivity index (χ2v) is 4.55. The minimum atomic E-state index is 0.329. The molecule has 0 saturated carbocycles. The topological polar surface area (TPSA) is 12.0 Å². The van der Waals surface area contributed by atoms with Gasteiger partial charge >= 0.3 is 0 Å². The van der Waals surface area contributed by atoms with Gasteiger partial charge in [0, 0.05) is 5.38 Å². The molecule has 1 nitrogen and oxygen atoms in total. The van der Waals surface area contributed by atoms with E-state index in [0.29, 0.717) is 5.38 Å². The highest BCUT2D eigenvalue weighted by Crippen LogP contribution is 2.06. The molecule has 0 aliphatic carbocycles. The lowest BCUT2D eigenvalue weighted by Gasteiger charge is -2.13. The molecule has 0 heterocycles. The van der Waals surface area contributed by atoms with Gasteiger partial charge in [-0.05, 0) is 38.8 Å². The van der Waals surface area contributed by atoms with E-state index in [1.807, 2.05) is 0 Å². The summed E-state index contributed by atoms with van der Waals surface area (Å²) in [6.07, 6.45) is 4.90. The Balaban J connectivity index is 3.14. The highest BCUT2D eigenvalue weighted by atomic mass is 35.5. The fraction of sp³-hybridized carbons (Fsp3) is 1.00. The summed E-state index contributed by atoms with van der Waals surface area (Å²) in [6, 6.07) is 0. The summed E-state index contributed by atoms with van der Waals surface area (Å²) < 4.78 is 0. The van der Waals surface area contributed by atoms with E-state index < -0.39 is 0 Å². The van der Waals surface area contributed by atoms with Crippen molar-refractivity contribution in [3.05, 3.63) is 0 Å². The first-order chi connectivity index (χ1) is 6.20. The minimum Gasteiger partial charge on any atom is -0.316 e. The van der Waals surface area contributed by atoms with Crippen molar-refractivity contribution in [2.24, 2.45) is 5.92 Å². The van der Waals surface area contributed by atoms with Gasteiger partial charge in [-0.3, -0.25) is 0 Å². The minimum absolute atomic E-state index is 0.329. The SMILES string of the molecule is CCC(CC)CNCCCC(C)Cl. The summed E-state index contributed by atoms with van der Waals surface area (Å²) >= 11 is 5.85. The first-order valence-electron chi connectivity index (χ1n) is 5.55. The number of rotatable bonds is 8. The highest BCUT2D eigenvalue weighted by molar-refractivity contribution is 6.20. The van der Waals surface area contributed by atoms with Crippen LogP contribution in [-0.2, 0) is 0 Å². The Morgan fingerprint density at radius 1 is 1.23 bits per heavy atom. The smallest absolute Gasteiger partial charge is 0.0308 e. The van der Waals surface area contributed by atoms with E-state index in [4.69, 9.17) is 11.6 Å². The van der Waals surface area contributed by atoms with Crippen molar-refractivity contribution in [2.75, 3.05) is 13.1 Å². The molecule has 0 aromatic carbocycles. The van der Waals surface area contributed by atoms with Crippen LogP contribution in [0.5, 0.6) is 0 Å². The van der Waals surface area contributed by atoms with Crippen molar-refractivity contribution in [1.82, 2.24) is 5.32 Å². The van der Waals surface area contributed by atoms with Crippen LogP contribution in [0.3, 0.4) is 0 Å². The molecule has 0 radical (unpaired) electrons. The van der Waals surface area contributed by atoms with Gasteiger partial charge in [-0.25, -0.2) is 0 Å². The summed E-state index contributed by atoms with van der Waals surface area (Å²) in [5.74, 6) is 0.855. The summed E-state index contributed by atoms with van der Waals surface area (Å²) in [7, 11) is 0. The quantitative estimate of drug-likeness (QED) is 0.473. The van der Waals surface area contributed by atoms with Crippen LogP contribution in [-0.4, -0.2) is 18.5 Å². The van der Waals surface area contributed by atoms with E-state index in [1.54, 1.807) is 0 Å². The van der Waals surface area contributed by atoms with Crippen molar-refractivity contribution in [3.8, 4) is 0 Å². The number of nitrogens with one attached hydrogen (secondary N) is 1. The van der Waals surface area contributed by atoms with Gasteiger partial charge in [-0.1, -0.05) is 26.7 Å². The maximum atomic E-state index is 5.85. The fourth-order valence-corrected chi connectivity index (χ4v) is 1.55. The number of alkyl halides is 1. The van der Waals surface area contributed by atoms with Crippen LogP contribution in [0, 0.1) is 5.92 Å². The van der Waals surface area contributed by atoms with Gasteiger partial charge in [0.2, 0.25) is 0 Å². The first-order valence-corrected chi connectivity index (χ1v) is 5.99. The molecule has 0 rings (SSSR count). The van der Waals surface area contributed by atoms with Gasteiger partial charge in [0.25, 0.3) is 0 Å². The van der Waals surface area contributed by atoms with Crippen molar-refractivity contribution in [2.45, 2.75) is 51.8 Å². The van der Waals surface area contributed by atoms with Gasteiger partial charge in [0.15, 0.2) is 0 Å². The maximum Gasteiger partial charge on any atom is 0.0308 e. The van der Waals surface area contributed by atoms with Gasteiger partial charge in [0.1, 0.15) is 0 Å². The Bertz CT molecular complexity index is 100. The van der Waals surface area contributed by atoms with Gasteiger partial charge < -0.3 is 5.32 Å². The number of hydrogen-bond acceptors (Lipinski definition) is 1.